The topological polar surface area (TPSA) is 67.2 Å². The van der Waals surface area contributed by atoms with E-state index in [2.05, 4.69) is 20.1 Å². The number of amides is 1. The van der Waals surface area contributed by atoms with Crippen molar-refractivity contribution in [2.75, 3.05) is 31.1 Å². The van der Waals surface area contributed by atoms with Crippen LogP contribution in [0.3, 0.4) is 0 Å². The van der Waals surface area contributed by atoms with Crippen LogP contribution in [0.25, 0.3) is 5.82 Å². The van der Waals surface area contributed by atoms with Gasteiger partial charge >= 0.3 is 0 Å². The number of carbonyl (C=O) groups excluding carboxylic acids is 1. The Morgan fingerprint density at radius 2 is 1.62 bits per heavy atom. The normalized spacial score (nSPS) is 14.5. The smallest absolute Gasteiger partial charge is 0.255 e. The summed E-state index contributed by atoms with van der Waals surface area (Å²) in [6.45, 7) is 2.65. The lowest BCUT2D eigenvalue weighted by molar-refractivity contribution is 0.0746. The molecule has 8 heteroatoms. The third-order valence-electron chi connectivity index (χ3n) is 4.44. The molecule has 0 radical (unpaired) electrons. The lowest BCUT2D eigenvalue weighted by atomic mass is 10.2. The molecule has 1 aliphatic rings. The van der Waals surface area contributed by atoms with Gasteiger partial charge in [0, 0.05) is 38.1 Å². The molecule has 0 spiro atoms. The lowest BCUT2D eigenvalue weighted by Crippen LogP contribution is -2.48. The number of anilines is 1. The van der Waals surface area contributed by atoms with Crippen LogP contribution >= 0.6 is 0 Å². The maximum Gasteiger partial charge on any atom is 0.255 e. The molecule has 0 saturated carbocycles. The van der Waals surface area contributed by atoms with Crippen molar-refractivity contribution in [3.05, 3.63) is 66.6 Å². The quantitative estimate of drug-likeness (QED) is 0.719. The average molecular weight is 352 g/mol. The molecule has 1 saturated heterocycles. The Labute approximate surface area is 149 Å². The van der Waals surface area contributed by atoms with Crippen LogP contribution in [0.5, 0.6) is 0 Å². The van der Waals surface area contributed by atoms with E-state index in [1.807, 2.05) is 4.90 Å². The van der Waals surface area contributed by atoms with Gasteiger partial charge in [0.25, 0.3) is 5.91 Å². The first-order chi connectivity index (χ1) is 12.7. The molecule has 0 N–H and O–H groups in total. The highest BCUT2D eigenvalue weighted by atomic mass is 19.1. The summed E-state index contributed by atoms with van der Waals surface area (Å²) in [5.41, 5.74) is 1.52. The van der Waals surface area contributed by atoms with E-state index in [4.69, 9.17) is 0 Å². The molecular formula is C18H17FN6O. The number of nitrogens with zero attached hydrogens (tertiary/aromatic N) is 6. The van der Waals surface area contributed by atoms with Crippen LogP contribution in [0.15, 0.2) is 55.2 Å². The number of halogens is 1. The third-order valence-corrected chi connectivity index (χ3v) is 4.44. The van der Waals surface area contributed by atoms with Crippen molar-refractivity contribution in [2.45, 2.75) is 0 Å². The van der Waals surface area contributed by atoms with Gasteiger partial charge in [0.15, 0.2) is 0 Å². The number of hydrogen-bond donors (Lipinski definition) is 0. The van der Waals surface area contributed by atoms with E-state index in [-0.39, 0.29) is 11.7 Å². The largest absolute Gasteiger partial charge is 0.368 e. The zero-order chi connectivity index (χ0) is 17.9. The molecule has 4 rings (SSSR count). The second kappa shape index (κ2) is 6.91. The minimum atomic E-state index is -0.245. The van der Waals surface area contributed by atoms with Crippen LogP contribution in [0.2, 0.25) is 0 Å². The summed E-state index contributed by atoms with van der Waals surface area (Å²) in [5.74, 6) is 0.379. The summed E-state index contributed by atoms with van der Waals surface area (Å²) in [5, 5.41) is 7.48. The first-order valence-electron chi connectivity index (χ1n) is 8.31. The standard InChI is InChI=1S/C18H17FN6O/c19-15-2-4-16(5-3-15)23-7-9-24(10-8-23)18(26)14-1-6-17(20-11-14)25-12-21-22-13-25/h1-6,11-13H,7-10H2. The molecule has 0 unspecified atom stereocenters. The van der Waals surface area contributed by atoms with Crippen molar-refractivity contribution in [1.29, 1.82) is 0 Å². The number of hydrogen-bond acceptors (Lipinski definition) is 5. The van der Waals surface area contributed by atoms with E-state index < -0.39 is 0 Å². The zero-order valence-electron chi connectivity index (χ0n) is 14.0. The van der Waals surface area contributed by atoms with E-state index in [1.54, 1.807) is 47.7 Å². The van der Waals surface area contributed by atoms with Gasteiger partial charge in [-0.15, -0.1) is 10.2 Å². The lowest BCUT2D eigenvalue weighted by Gasteiger charge is -2.36. The van der Waals surface area contributed by atoms with Gasteiger partial charge in [-0.2, -0.15) is 0 Å². The molecule has 0 aliphatic carbocycles. The van der Waals surface area contributed by atoms with E-state index >= 15 is 0 Å². The molecule has 132 valence electrons. The summed E-state index contributed by atoms with van der Waals surface area (Å²) in [4.78, 5) is 20.9. The van der Waals surface area contributed by atoms with Gasteiger partial charge in [-0.25, -0.2) is 9.37 Å². The second-order valence-electron chi connectivity index (χ2n) is 6.03. The highest BCUT2D eigenvalue weighted by Gasteiger charge is 2.22. The SMILES string of the molecule is O=C(c1ccc(-n2cnnc2)nc1)N1CCN(c2ccc(F)cc2)CC1. The molecule has 1 amide bonds. The molecule has 1 aromatic carbocycles. The minimum absolute atomic E-state index is 0.0356. The number of benzene rings is 1. The van der Waals surface area contributed by atoms with Crippen molar-refractivity contribution in [3.8, 4) is 5.82 Å². The summed E-state index contributed by atoms with van der Waals surface area (Å²) in [6.07, 6.45) is 4.68. The Balaban J connectivity index is 1.39. The average Bonchev–Trinajstić information content (AvgIpc) is 3.23. The van der Waals surface area contributed by atoms with Crippen LogP contribution in [-0.2, 0) is 0 Å². The Morgan fingerprint density at radius 3 is 2.23 bits per heavy atom. The highest BCUT2D eigenvalue weighted by Crippen LogP contribution is 2.18. The number of piperazine rings is 1. The highest BCUT2D eigenvalue weighted by molar-refractivity contribution is 5.94. The molecule has 26 heavy (non-hydrogen) atoms. The summed E-state index contributed by atoms with van der Waals surface area (Å²) >= 11 is 0. The first kappa shape index (κ1) is 16.2. The van der Waals surface area contributed by atoms with Crippen LogP contribution in [0.4, 0.5) is 10.1 Å². The minimum Gasteiger partial charge on any atom is -0.368 e. The Hall–Kier alpha value is -3.29. The predicted molar refractivity (Wildman–Crippen MR) is 93.7 cm³/mol. The summed E-state index contributed by atoms with van der Waals surface area (Å²) in [7, 11) is 0. The molecule has 3 aromatic rings. The van der Waals surface area contributed by atoms with Gasteiger partial charge in [0.2, 0.25) is 0 Å². The van der Waals surface area contributed by atoms with Gasteiger partial charge in [0.1, 0.15) is 24.3 Å². The zero-order valence-corrected chi connectivity index (χ0v) is 14.0. The fourth-order valence-corrected chi connectivity index (χ4v) is 2.99. The van der Waals surface area contributed by atoms with Gasteiger partial charge < -0.3 is 9.80 Å². The number of carbonyl (C=O) groups is 1. The van der Waals surface area contributed by atoms with Gasteiger partial charge in [-0.1, -0.05) is 0 Å². The molecule has 2 aromatic heterocycles. The fourth-order valence-electron chi connectivity index (χ4n) is 2.99. The van der Waals surface area contributed by atoms with Gasteiger partial charge in [-0.3, -0.25) is 9.36 Å². The van der Waals surface area contributed by atoms with Crippen molar-refractivity contribution in [3.63, 3.8) is 0 Å². The second-order valence-corrected chi connectivity index (χ2v) is 6.03. The number of rotatable bonds is 3. The van der Waals surface area contributed by atoms with Crippen LogP contribution in [0.1, 0.15) is 10.4 Å². The first-order valence-corrected chi connectivity index (χ1v) is 8.31. The maximum absolute atomic E-state index is 13.0. The van der Waals surface area contributed by atoms with Crippen molar-refractivity contribution in [2.24, 2.45) is 0 Å². The monoisotopic (exact) mass is 352 g/mol. The predicted octanol–water partition coefficient (Wildman–Crippen LogP) is 1.76. The molecule has 0 bridgehead atoms. The van der Waals surface area contributed by atoms with Gasteiger partial charge in [-0.05, 0) is 36.4 Å². The Morgan fingerprint density at radius 1 is 0.923 bits per heavy atom. The van der Waals surface area contributed by atoms with Crippen molar-refractivity contribution in [1.82, 2.24) is 24.6 Å². The molecule has 0 atom stereocenters. The Kier molecular flexibility index (Phi) is 4.30. The molecular weight excluding hydrogens is 335 g/mol. The molecule has 7 nitrogen and oxygen atoms in total. The van der Waals surface area contributed by atoms with Gasteiger partial charge in [0.05, 0.1) is 5.56 Å². The number of aromatic nitrogens is 4. The maximum atomic E-state index is 13.0. The van der Waals surface area contributed by atoms with Crippen LogP contribution < -0.4 is 4.90 Å². The van der Waals surface area contributed by atoms with Crippen molar-refractivity contribution < 1.29 is 9.18 Å². The molecule has 3 heterocycles. The van der Waals surface area contributed by atoms with Crippen LogP contribution in [0, 0.1) is 5.82 Å². The third kappa shape index (κ3) is 3.26. The Bertz CT molecular complexity index is 871. The number of pyridine rings is 1. The van der Waals surface area contributed by atoms with E-state index in [0.29, 0.717) is 37.6 Å². The molecule has 1 fully saturated rings. The molecule has 1 aliphatic heterocycles. The summed E-state index contributed by atoms with van der Waals surface area (Å²) in [6, 6.07) is 9.97. The van der Waals surface area contributed by atoms with E-state index in [0.717, 1.165) is 5.69 Å². The van der Waals surface area contributed by atoms with Crippen LogP contribution in [-0.4, -0.2) is 56.7 Å². The summed E-state index contributed by atoms with van der Waals surface area (Å²) < 4.78 is 14.7. The van der Waals surface area contributed by atoms with E-state index in [1.165, 1.54) is 12.1 Å². The van der Waals surface area contributed by atoms with E-state index in [9.17, 15) is 9.18 Å². The van der Waals surface area contributed by atoms with Crippen molar-refractivity contribution >= 4 is 11.6 Å². The fraction of sp³-hybridized carbons (Fsp3) is 0.222.